The van der Waals surface area contributed by atoms with Crippen molar-refractivity contribution in [3.63, 3.8) is 0 Å². The van der Waals surface area contributed by atoms with Gasteiger partial charge >= 0.3 is 0 Å². The number of carbonyl (C=O) groups excluding carboxylic acids is 1. The molecule has 1 aliphatic rings. The van der Waals surface area contributed by atoms with Crippen LogP contribution in [0.15, 0.2) is 54.6 Å². The molecule has 0 radical (unpaired) electrons. The number of methoxy groups -OCH3 is 1. The van der Waals surface area contributed by atoms with Crippen LogP contribution in [0, 0.1) is 0 Å². The first kappa shape index (κ1) is 14.8. The standard InChI is InChI=1S/C18H19NO3/c1-22-17(12-7-3-2-4-8-12)18(21)19-15-11-13-9-5-6-10-14(13)16(15)20/h2-10,15-17,20H,11H2,1H3,(H,19,21)/t15-,16-,17?/m1/s1. The smallest absolute Gasteiger partial charge is 0.254 e. The van der Waals surface area contributed by atoms with Crippen LogP contribution >= 0.6 is 0 Å². The van der Waals surface area contributed by atoms with Crippen molar-refractivity contribution in [1.82, 2.24) is 5.32 Å². The minimum Gasteiger partial charge on any atom is -0.386 e. The Bertz CT molecular complexity index is 656. The number of hydrogen-bond donors (Lipinski definition) is 2. The highest BCUT2D eigenvalue weighted by Gasteiger charge is 2.33. The van der Waals surface area contributed by atoms with E-state index in [1.165, 1.54) is 7.11 Å². The van der Waals surface area contributed by atoms with Gasteiger partial charge in [0.15, 0.2) is 6.10 Å². The normalized spacial score (nSPS) is 21.2. The molecule has 2 aromatic carbocycles. The largest absolute Gasteiger partial charge is 0.386 e. The summed E-state index contributed by atoms with van der Waals surface area (Å²) in [6.45, 7) is 0. The van der Waals surface area contributed by atoms with Crippen molar-refractivity contribution in [2.24, 2.45) is 0 Å². The maximum atomic E-state index is 12.5. The summed E-state index contributed by atoms with van der Waals surface area (Å²) >= 11 is 0. The maximum Gasteiger partial charge on any atom is 0.254 e. The Labute approximate surface area is 129 Å². The summed E-state index contributed by atoms with van der Waals surface area (Å²) in [7, 11) is 1.51. The molecule has 114 valence electrons. The van der Waals surface area contributed by atoms with Crippen LogP contribution in [0.3, 0.4) is 0 Å². The van der Waals surface area contributed by atoms with Gasteiger partial charge in [0.25, 0.3) is 5.91 Å². The molecular weight excluding hydrogens is 278 g/mol. The highest BCUT2D eigenvalue weighted by atomic mass is 16.5. The molecule has 0 fully saturated rings. The van der Waals surface area contributed by atoms with Crippen LogP contribution in [0.5, 0.6) is 0 Å². The monoisotopic (exact) mass is 297 g/mol. The fourth-order valence-corrected chi connectivity index (χ4v) is 2.98. The molecule has 22 heavy (non-hydrogen) atoms. The van der Waals surface area contributed by atoms with Crippen molar-refractivity contribution in [1.29, 1.82) is 0 Å². The summed E-state index contributed by atoms with van der Waals surface area (Å²) < 4.78 is 5.33. The van der Waals surface area contributed by atoms with Gasteiger partial charge < -0.3 is 15.2 Å². The first-order valence-corrected chi connectivity index (χ1v) is 7.34. The topological polar surface area (TPSA) is 58.6 Å². The van der Waals surface area contributed by atoms with Gasteiger partial charge in [-0.25, -0.2) is 0 Å². The van der Waals surface area contributed by atoms with Gasteiger partial charge in [0.2, 0.25) is 0 Å². The lowest BCUT2D eigenvalue weighted by atomic mass is 10.1. The van der Waals surface area contributed by atoms with Gasteiger partial charge in [-0.1, -0.05) is 54.6 Å². The molecule has 0 bridgehead atoms. The highest BCUT2D eigenvalue weighted by molar-refractivity contribution is 5.82. The number of benzene rings is 2. The molecule has 0 aliphatic heterocycles. The van der Waals surface area contributed by atoms with Crippen LogP contribution in [0.1, 0.15) is 28.9 Å². The SMILES string of the molecule is COC(C(=O)N[C@@H]1Cc2ccccc2[C@H]1O)c1ccccc1. The first-order chi connectivity index (χ1) is 10.7. The lowest BCUT2D eigenvalue weighted by molar-refractivity contribution is -0.133. The Hall–Kier alpha value is -2.17. The van der Waals surface area contributed by atoms with Gasteiger partial charge in [-0.05, 0) is 23.1 Å². The highest BCUT2D eigenvalue weighted by Crippen LogP contribution is 2.31. The van der Waals surface area contributed by atoms with Crippen molar-refractivity contribution in [3.8, 4) is 0 Å². The van der Waals surface area contributed by atoms with E-state index in [1.807, 2.05) is 54.6 Å². The number of amides is 1. The number of aliphatic hydroxyl groups is 1. The third-order valence-electron chi connectivity index (χ3n) is 4.10. The Balaban J connectivity index is 1.72. The Kier molecular flexibility index (Phi) is 4.22. The van der Waals surface area contributed by atoms with Gasteiger partial charge in [-0.15, -0.1) is 0 Å². The van der Waals surface area contributed by atoms with Crippen molar-refractivity contribution in [3.05, 3.63) is 71.3 Å². The third-order valence-corrected chi connectivity index (χ3v) is 4.10. The number of ether oxygens (including phenoxy) is 1. The van der Waals surface area contributed by atoms with E-state index in [0.29, 0.717) is 6.42 Å². The summed E-state index contributed by atoms with van der Waals surface area (Å²) in [5, 5.41) is 13.3. The summed E-state index contributed by atoms with van der Waals surface area (Å²) in [5.41, 5.74) is 2.77. The number of rotatable bonds is 4. The molecule has 1 unspecified atom stereocenters. The molecule has 1 aliphatic carbocycles. The average molecular weight is 297 g/mol. The quantitative estimate of drug-likeness (QED) is 0.909. The van der Waals surface area contributed by atoms with Crippen LogP contribution in [-0.4, -0.2) is 24.2 Å². The van der Waals surface area contributed by atoms with Crippen LogP contribution < -0.4 is 5.32 Å². The van der Waals surface area contributed by atoms with Crippen molar-refractivity contribution in [2.45, 2.75) is 24.7 Å². The lowest BCUT2D eigenvalue weighted by Crippen LogP contribution is -2.41. The van der Waals surface area contributed by atoms with E-state index < -0.39 is 12.2 Å². The average Bonchev–Trinajstić information content (AvgIpc) is 2.86. The van der Waals surface area contributed by atoms with E-state index in [4.69, 9.17) is 4.74 Å². The van der Waals surface area contributed by atoms with Crippen molar-refractivity contribution in [2.75, 3.05) is 7.11 Å². The molecule has 0 aromatic heterocycles. The van der Waals surface area contributed by atoms with E-state index in [2.05, 4.69) is 5.32 Å². The predicted octanol–water partition coefficient (Wildman–Crippen LogP) is 2.15. The molecule has 1 amide bonds. The second-order valence-corrected chi connectivity index (χ2v) is 5.49. The van der Waals surface area contributed by atoms with Crippen LogP contribution in [0.25, 0.3) is 0 Å². The molecule has 2 N–H and O–H groups in total. The van der Waals surface area contributed by atoms with Gasteiger partial charge in [0.1, 0.15) is 0 Å². The zero-order valence-electron chi connectivity index (χ0n) is 12.4. The Morgan fingerprint density at radius 1 is 1.18 bits per heavy atom. The first-order valence-electron chi connectivity index (χ1n) is 7.34. The predicted molar refractivity (Wildman–Crippen MR) is 83.2 cm³/mol. The number of aliphatic hydroxyl groups excluding tert-OH is 1. The second-order valence-electron chi connectivity index (χ2n) is 5.49. The van der Waals surface area contributed by atoms with Crippen LogP contribution in [0.4, 0.5) is 0 Å². The summed E-state index contributed by atoms with van der Waals surface area (Å²) in [6.07, 6.45) is -0.709. The molecule has 0 saturated carbocycles. The summed E-state index contributed by atoms with van der Waals surface area (Å²) in [6, 6.07) is 16.8. The van der Waals surface area contributed by atoms with Gasteiger partial charge in [-0.3, -0.25) is 4.79 Å². The Morgan fingerprint density at radius 2 is 1.86 bits per heavy atom. The van der Waals surface area contributed by atoms with Crippen molar-refractivity contribution < 1.29 is 14.6 Å². The zero-order valence-corrected chi connectivity index (χ0v) is 12.4. The fraction of sp³-hybridized carbons (Fsp3) is 0.278. The summed E-state index contributed by atoms with van der Waals surface area (Å²) in [5.74, 6) is -0.231. The maximum absolute atomic E-state index is 12.5. The minimum absolute atomic E-state index is 0.231. The van der Waals surface area contributed by atoms with E-state index in [1.54, 1.807) is 0 Å². The molecule has 0 heterocycles. The van der Waals surface area contributed by atoms with E-state index >= 15 is 0 Å². The van der Waals surface area contributed by atoms with Crippen LogP contribution in [0.2, 0.25) is 0 Å². The summed E-state index contributed by atoms with van der Waals surface area (Å²) in [4.78, 5) is 12.5. The molecule has 4 heteroatoms. The molecule has 0 saturated heterocycles. The molecule has 4 nitrogen and oxygen atoms in total. The molecule has 3 rings (SSSR count). The van der Waals surface area contributed by atoms with Gasteiger partial charge in [-0.2, -0.15) is 0 Å². The molecular formula is C18H19NO3. The minimum atomic E-state index is -0.673. The van der Waals surface area contributed by atoms with Gasteiger partial charge in [0, 0.05) is 7.11 Å². The third kappa shape index (κ3) is 2.75. The number of nitrogens with one attached hydrogen (secondary N) is 1. The molecule has 3 atom stereocenters. The molecule has 0 spiro atoms. The number of fused-ring (bicyclic) bond motifs is 1. The Morgan fingerprint density at radius 3 is 2.55 bits per heavy atom. The number of hydrogen-bond acceptors (Lipinski definition) is 3. The number of carbonyl (C=O) groups is 1. The van der Waals surface area contributed by atoms with Crippen LogP contribution in [-0.2, 0) is 16.0 Å². The zero-order chi connectivity index (χ0) is 15.5. The van der Waals surface area contributed by atoms with Crippen molar-refractivity contribution >= 4 is 5.91 Å². The fourth-order valence-electron chi connectivity index (χ4n) is 2.98. The van der Waals surface area contributed by atoms with E-state index in [-0.39, 0.29) is 11.9 Å². The van der Waals surface area contributed by atoms with E-state index in [9.17, 15) is 9.90 Å². The molecule has 2 aromatic rings. The second kappa shape index (κ2) is 6.30. The van der Waals surface area contributed by atoms with Gasteiger partial charge in [0.05, 0.1) is 12.1 Å². The lowest BCUT2D eigenvalue weighted by Gasteiger charge is -2.21. The van der Waals surface area contributed by atoms with E-state index in [0.717, 1.165) is 16.7 Å².